The van der Waals surface area contributed by atoms with Crippen LogP contribution in [0.3, 0.4) is 0 Å². The summed E-state index contributed by atoms with van der Waals surface area (Å²) in [4.78, 5) is 54.3. The van der Waals surface area contributed by atoms with Crippen molar-refractivity contribution < 1.29 is 14.3 Å². The molecule has 2 N–H and O–H groups in total. The summed E-state index contributed by atoms with van der Waals surface area (Å²) >= 11 is 0. The zero-order chi connectivity index (χ0) is 44.6. The maximum Gasteiger partial charge on any atom is 0.245 e. The number of hydrogen-bond donors (Lipinski definition) is 2. The highest BCUT2D eigenvalue weighted by Crippen LogP contribution is 2.42. The molecule has 12 heteroatoms. The van der Waals surface area contributed by atoms with Gasteiger partial charge in [0, 0.05) is 35.2 Å². The fourth-order valence-corrected chi connectivity index (χ4v) is 10.7. The van der Waals surface area contributed by atoms with Crippen molar-refractivity contribution in [1.82, 2.24) is 44.1 Å². The summed E-state index contributed by atoms with van der Waals surface area (Å²) in [7, 11) is 0. The monoisotopic (exact) mass is 869 g/mol. The lowest BCUT2D eigenvalue weighted by Crippen LogP contribution is -2.43. The number of fused-ring (bicyclic) bond motifs is 5. The maximum absolute atomic E-state index is 14.4. The van der Waals surface area contributed by atoms with Gasteiger partial charge >= 0.3 is 0 Å². The average Bonchev–Trinajstić information content (AvgIpc) is 4.22. The molecule has 4 atom stereocenters. The SMILES string of the molecule is CCN(CC)C(C(=O)N1CCCC1c1ncc(-c2ccc3c(c2)OCn2c-3cc3cc(-c4cnc(C5CCCN5C(=O)C(c5ccccc5)N(CC)CC)[nH]4)ccc32)[nH]1)c1ccccc1. The number of benzene rings is 4. The Kier molecular flexibility index (Phi) is 11.9. The number of amides is 2. The van der Waals surface area contributed by atoms with Gasteiger partial charge in [0.25, 0.3) is 0 Å². The van der Waals surface area contributed by atoms with Crippen molar-refractivity contribution in [3.8, 4) is 39.5 Å². The van der Waals surface area contributed by atoms with Gasteiger partial charge in [-0.3, -0.25) is 19.4 Å². The molecule has 334 valence electrons. The topological polar surface area (TPSA) is 119 Å². The average molecular weight is 870 g/mol. The minimum Gasteiger partial charge on any atom is -0.472 e. The van der Waals surface area contributed by atoms with Crippen LogP contribution >= 0.6 is 0 Å². The smallest absolute Gasteiger partial charge is 0.245 e. The van der Waals surface area contributed by atoms with Crippen LogP contribution in [0.5, 0.6) is 5.75 Å². The molecule has 2 saturated heterocycles. The minimum absolute atomic E-state index is 0.104. The van der Waals surface area contributed by atoms with E-state index < -0.39 is 0 Å². The first-order valence-corrected chi connectivity index (χ1v) is 23.6. The largest absolute Gasteiger partial charge is 0.472 e. The van der Waals surface area contributed by atoms with Crippen LogP contribution in [0.25, 0.3) is 44.7 Å². The summed E-state index contributed by atoms with van der Waals surface area (Å²) in [6.45, 7) is 13.5. The van der Waals surface area contributed by atoms with E-state index in [0.717, 1.165) is 132 Å². The van der Waals surface area contributed by atoms with E-state index in [1.807, 2.05) is 58.6 Å². The number of hydrogen-bond acceptors (Lipinski definition) is 7. The number of nitrogens with zero attached hydrogens (tertiary/aromatic N) is 7. The van der Waals surface area contributed by atoms with Crippen LogP contribution in [0, 0.1) is 0 Å². The van der Waals surface area contributed by atoms with E-state index in [4.69, 9.17) is 14.7 Å². The van der Waals surface area contributed by atoms with E-state index in [0.29, 0.717) is 13.3 Å². The first-order chi connectivity index (χ1) is 31.9. The van der Waals surface area contributed by atoms with Crippen LogP contribution in [0.4, 0.5) is 0 Å². The van der Waals surface area contributed by atoms with E-state index in [2.05, 4.69) is 119 Å². The standard InChI is InChI=1S/C53H59N9O3/c1-5-58(6-2)48(35-17-11-9-12-18-35)52(63)60-27-15-21-44(60)50-54-32-41(56-50)37-24-26-43-39(29-37)30-46-40-25-23-38(31-47(40)65-34-62(43)46)42-33-55-51(57-42)45-22-16-28-61(45)53(64)49(59(7-3)8-4)36-19-13-10-14-20-36/h9-14,17-20,23-26,29-33,44-45,48-49H,5-8,15-16,21-22,27-28,34H2,1-4H3,(H,54,56)(H,55,57). The zero-order valence-electron chi connectivity index (χ0n) is 37.9. The highest BCUT2D eigenvalue weighted by atomic mass is 16.5. The van der Waals surface area contributed by atoms with Crippen molar-refractivity contribution in [1.29, 1.82) is 0 Å². The molecule has 7 aromatic rings. The number of aromatic nitrogens is 5. The van der Waals surface area contributed by atoms with E-state index in [9.17, 15) is 9.59 Å². The lowest BCUT2D eigenvalue weighted by Gasteiger charge is -2.34. The summed E-state index contributed by atoms with van der Waals surface area (Å²) in [5, 5.41) is 1.11. The molecule has 0 saturated carbocycles. The third-order valence-electron chi connectivity index (χ3n) is 14.1. The Balaban J connectivity index is 0.867. The summed E-state index contributed by atoms with van der Waals surface area (Å²) in [6, 6.07) is 34.5. The summed E-state index contributed by atoms with van der Waals surface area (Å²) in [5.41, 5.74) is 9.13. The number of imidazole rings is 2. The molecule has 0 radical (unpaired) electrons. The Bertz CT molecular complexity index is 2790. The number of rotatable bonds is 14. The van der Waals surface area contributed by atoms with Gasteiger partial charge in [-0.15, -0.1) is 0 Å². The van der Waals surface area contributed by atoms with Crippen LogP contribution in [-0.2, 0) is 16.3 Å². The Morgan fingerprint density at radius 1 is 0.662 bits per heavy atom. The highest BCUT2D eigenvalue weighted by Gasteiger charge is 2.39. The lowest BCUT2D eigenvalue weighted by molar-refractivity contribution is -0.139. The number of nitrogens with one attached hydrogen (secondary N) is 2. The van der Waals surface area contributed by atoms with E-state index in [1.165, 1.54) is 0 Å². The summed E-state index contributed by atoms with van der Waals surface area (Å²) in [5.74, 6) is 2.74. The number of ether oxygens (including phenoxy) is 1. The second kappa shape index (κ2) is 18.2. The number of carbonyl (C=O) groups excluding carboxylic acids is 2. The van der Waals surface area contributed by atoms with Crippen molar-refractivity contribution in [2.75, 3.05) is 39.3 Å². The van der Waals surface area contributed by atoms with Crippen LogP contribution in [-0.4, -0.2) is 95.2 Å². The zero-order valence-corrected chi connectivity index (χ0v) is 37.9. The van der Waals surface area contributed by atoms with Crippen molar-refractivity contribution in [3.63, 3.8) is 0 Å². The van der Waals surface area contributed by atoms with Gasteiger partial charge in [0.05, 0.1) is 47.1 Å². The molecule has 3 aliphatic heterocycles. The fraction of sp³-hybridized carbons (Fsp3) is 0.358. The van der Waals surface area contributed by atoms with Crippen LogP contribution in [0.1, 0.15) is 100 Å². The molecule has 0 bridgehead atoms. The second-order valence-corrected chi connectivity index (χ2v) is 17.5. The number of carbonyl (C=O) groups is 2. The minimum atomic E-state index is -0.331. The van der Waals surface area contributed by atoms with Gasteiger partial charge in [-0.1, -0.05) is 100 Å². The van der Waals surface area contributed by atoms with Gasteiger partial charge in [0.2, 0.25) is 11.8 Å². The van der Waals surface area contributed by atoms with Crippen LogP contribution in [0.2, 0.25) is 0 Å². The van der Waals surface area contributed by atoms with Crippen molar-refractivity contribution in [2.24, 2.45) is 0 Å². The van der Waals surface area contributed by atoms with Crippen molar-refractivity contribution in [3.05, 3.63) is 138 Å². The third-order valence-corrected chi connectivity index (χ3v) is 14.1. The molecule has 65 heavy (non-hydrogen) atoms. The Labute approximate surface area is 381 Å². The molecule has 6 heterocycles. The van der Waals surface area contributed by atoms with Gasteiger partial charge in [-0.25, -0.2) is 9.97 Å². The van der Waals surface area contributed by atoms with Gasteiger partial charge in [0.15, 0.2) is 6.73 Å². The molecule has 10 rings (SSSR count). The number of H-pyrrole nitrogens is 2. The highest BCUT2D eigenvalue weighted by molar-refractivity contribution is 5.92. The van der Waals surface area contributed by atoms with Gasteiger partial charge in [0.1, 0.15) is 29.5 Å². The van der Waals surface area contributed by atoms with Crippen LogP contribution in [0.15, 0.2) is 116 Å². The first-order valence-electron chi connectivity index (χ1n) is 23.6. The summed E-state index contributed by atoms with van der Waals surface area (Å²) < 4.78 is 8.67. The third kappa shape index (κ3) is 7.82. The van der Waals surface area contributed by atoms with Gasteiger partial charge in [-0.05, 0) is 93.3 Å². The Morgan fingerprint density at radius 2 is 1.17 bits per heavy atom. The second-order valence-electron chi connectivity index (χ2n) is 17.5. The van der Waals surface area contributed by atoms with Crippen LogP contribution < -0.4 is 4.74 Å². The predicted octanol–water partition coefficient (Wildman–Crippen LogP) is 9.93. The summed E-state index contributed by atoms with van der Waals surface area (Å²) in [6.07, 6.45) is 7.41. The molecule has 12 nitrogen and oxygen atoms in total. The molecule has 2 amide bonds. The molecule has 3 aromatic heterocycles. The molecule has 4 unspecified atom stereocenters. The molecule has 3 aliphatic rings. The number of likely N-dealkylation sites (tertiary alicyclic amines) is 2. The lowest BCUT2D eigenvalue weighted by atomic mass is 10.0. The first kappa shape index (κ1) is 42.5. The van der Waals surface area contributed by atoms with Crippen molar-refractivity contribution >= 4 is 22.7 Å². The number of aromatic amines is 2. The fourth-order valence-electron chi connectivity index (χ4n) is 10.7. The van der Waals surface area contributed by atoms with E-state index >= 15 is 0 Å². The van der Waals surface area contributed by atoms with E-state index in [-0.39, 0.29) is 36.0 Å². The van der Waals surface area contributed by atoms with Gasteiger partial charge in [-0.2, -0.15) is 0 Å². The quantitative estimate of drug-likeness (QED) is 0.112. The Morgan fingerprint density at radius 3 is 1.69 bits per heavy atom. The molecule has 4 aromatic carbocycles. The molecule has 2 fully saturated rings. The molecular formula is C53H59N9O3. The Hall–Kier alpha value is -6.50. The predicted molar refractivity (Wildman–Crippen MR) is 255 cm³/mol. The van der Waals surface area contributed by atoms with E-state index in [1.54, 1.807) is 0 Å². The maximum atomic E-state index is 14.4. The molecule has 0 spiro atoms. The molecule has 0 aliphatic carbocycles. The molecular weight excluding hydrogens is 811 g/mol. The number of likely N-dealkylation sites (N-methyl/N-ethyl adjacent to an activating group) is 2. The van der Waals surface area contributed by atoms with Crippen molar-refractivity contribution in [2.45, 2.75) is 84.3 Å². The van der Waals surface area contributed by atoms with Gasteiger partial charge < -0.3 is 29.1 Å². The normalized spacial score (nSPS) is 18.0.